The molecule has 0 spiro atoms. The minimum atomic E-state index is -3.75. The van der Waals surface area contributed by atoms with E-state index in [2.05, 4.69) is 19.6 Å². The lowest BCUT2D eigenvalue weighted by Gasteiger charge is -2.37. The molecule has 3 aromatic rings. The van der Waals surface area contributed by atoms with Crippen LogP contribution in [-0.2, 0) is 19.6 Å². The maximum Gasteiger partial charge on any atom is 0.263 e. The first kappa shape index (κ1) is 22.7. The number of carbonyl (C=O) groups is 1. The molecule has 1 aliphatic heterocycles. The van der Waals surface area contributed by atoms with Gasteiger partial charge in [0.1, 0.15) is 12.1 Å². The summed E-state index contributed by atoms with van der Waals surface area (Å²) < 4.78 is 33.1. The van der Waals surface area contributed by atoms with Crippen LogP contribution in [0.25, 0.3) is 0 Å². The highest BCUT2D eigenvalue weighted by atomic mass is 32.2. The number of amides is 1. The first-order valence-corrected chi connectivity index (χ1v) is 12.0. The quantitative estimate of drug-likeness (QED) is 0.565. The van der Waals surface area contributed by atoms with E-state index in [4.69, 9.17) is 4.74 Å². The zero-order valence-corrected chi connectivity index (χ0v) is 19.0. The van der Waals surface area contributed by atoms with Gasteiger partial charge in [0.15, 0.2) is 6.10 Å². The van der Waals surface area contributed by atoms with Crippen LogP contribution in [0.1, 0.15) is 14.5 Å². The summed E-state index contributed by atoms with van der Waals surface area (Å²) in [4.78, 5) is 24.7. The van der Waals surface area contributed by atoms with E-state index in [0.717, 1.165) is 11.3 Å². The number of benzene rings is 2. The van der Waals surface area contributed by atoms with Crippen molar-refractivity contribution in [3.05, 3.63) is 78.8 Å². The lowest BCUT2D eigenvalue weighted by molar-refractivity contribution is -0.142. The number of hydrogen-bond acceptors (Lipinski definition) is 7. The van der Waals surface area contributed by atoms with E-state index in [1.54, 1.807) is 31.4 Å². The third kappa shape index (κ3) is 5.29. The van der Waals surface area contributed by atoms with Gasteiger partial charge in [-0.15, -0.1) is 0 Å². The maximum absolute atomic E-state index is 13.0. The highest BCUT2D eigenvalue weighted by Gasteiger charge is 2.28. The highest BCUT2D eigenvalue weighted by molar-refractivity contribution is 7.92. The van der Waals surface area contributed by atoms with Crippen molar-refractivity contribution in [2.24, 2.45) is 0 Å². The number of nitrogens with zero attached hydrogens (tertiary/aromatic N) is 4. The number of ether oxygens (including phenoxy) is 1. The number of piperazine rings is 1. The molecule has 2 heterocycles. The SMILES string of the molecule is COC(C(=O)N1CCN(c2ccc(S(=O)(=O)Nc3ccncn3)cc2)CC1)c1ccccc1.[HH].[HH]. The average Bonchev–Trinajstić information content (AvgIpc) is 2.86. The van der Waals surface area contributed by atoms with Crippen LogP contribution >= 0.6 is 0 Å². The van der Waals surface area contributed by atoms with E-state index in [9.17, 15) is 13.2 Å². The molecule has 1 aliphatic rings. The van der Waals surface area contributed by atoms with Crippen molar-refractivity contribution in [1.29, 1.82) is 0 Å². The molecule has 1 aromatic heterocycles. The smallest absolute Gasteiger partial charge is 0.263 e. The minimum absolute atomic E-state index is 0. The number of carbonyl (C=O) groups excluding carboxylic acids is 1. The summed E-state index contributed by atoms with van der Waals surface area (Å²) in [5.41, 5.74) is 1.73. The zero-order valence-electron chi connectivity index (χ0n) is 18.2. The van der Waals surface area contributed by atoms with Crippen molar-refractivity contribution in [1.82, 2.24) is 14.9 Å². The monoisotopic (exact) mass is 471 g/mol. The lowest BCUT2D eigenvalue weighted by atomic mass is 10.1. The number of aromatic nitrogens is 2. The average molecular weight is 472 g/mol. The van der Waals surface area contributed by atoms with Crippen molar-refractivity contribution in [2.45, 2.75) is 11.0 Å². The van der Waals surface area contributed by atoms with E-state index < -0.39 is 16.1 Å². The van der Waals surface area contributed by atoms with Crippen LogP contribution in [0.15, 0.2) is 78.1 Å². The Morgan fingerprint density at radius 1 is 1.03 bits per heavy atom. The Kier molecular flexibility index (Phi) is 6.85. The van der Waals surface area contributed by atoms with Crippen LogP contribution in [0.2, 0.25) is 0 Å². The van der Waals surface area contributed by atoms with Gasteiger partial charge in [-0.25, -0.2) is 18.4 Å². The molecule has 0 radical (unpaired) electrons. The highest BCUT2D eigenvalue weighted by Crippen LogP contribution is 2.23. The number of methoxy groups -OCH3 is 1. The van der Waals surface area contributed by atoms with Crippen molar-refractivity contribution in [3.8, 4) is 0 Å². The Labute approximate surface area is 196 Å². The van der Waals surface area contributed by atoms with Gasteiger partial charge in [0.05, 0.1) is 4.90 Å². The molecule has 2 aromatic carbocycles. The summed E-state index contributed by atoms with van der Waals surface area (Å²) in [6.45, 7) is 2.40. The summed E-state index contributed by atoms with van der Waals surface area (Å²) in [7, 11) is -2.20. The predicted molar refractivity (Wildman–Crippen MR) is 128 cm³/mol. The first-order valence-electron chi connectivity index (χ1n) is 10.5. The summed E-state index contributed by atoms with van der Waals surface area (Å²) in [6, 6.07) is 17.6. The molecule has 4 rings (SSSR count). The molecule has 10 heteroatoms. The lowest BCUT2D eigenvalue weighted by Crippen LogP contribution is -2.50. The van der Waals surface area contributed by atoms with Crippen LogP contribution in [0.4, 0.5) is 11.5 Å². The number of hydrogen-bond donors (Lipinski definition) is 1. The van der Waals surface area contributed by atoms with Crippen LogP contribution in [-0.4, -0.2) is 62.5 Å². The zero-order chi connectivity index (χ0) is 23.3. The fraction of sp³-hybridized carbons (Fsp3) is 0.261. The van der Waals surface area contributed by atoms with E-state index >= 15 is 0 Å². The Morgan fingerprint density at radius 2 is 1.73 bits per heavy atom. The molecule has 1 unspecified atom stereocenters. The molecule has 1 amide bonds. The largest absolute Gasteiger partial charge is 0.368 e. The summed E-state index contributed by atoms with van der Waals surface area (Å²) in [6.07, 6.45) is 2.12. The molecule has 1 saturated heterocycles. The number of rotatable bonds is 7. The fourth-order valence-electron chi connectivity index (χ4n) is 3.74. The van der Waals surface area contributed by atoms with E-state index in [-0.39, 0.29) is 19.5 Å². The molecule has 1 N–H and O–H groups in total. The number of nitrogens with one attached hydrogen (secondary N) is 1. The van der Waals surface area contributed by atoms with Crippen LogP contribution in [0.5, 0.6) is 0 Å². The molecular weight excluding hydrogens is 442 g/mol. The topological polar surface area (TPSA) is 105 Å². The van der Waals surface area contributed by atoms with Crippen LogP contribution < -0.4 is 9.62 Å². The van der Waals surface area contributed by atoms with E-state index in [1.165, 1.54) is 18.6 Å². The van der Waals surface area contributed by atoms with Crippen LogP contribution in [0, 0.1) is 0 Å². The van der Waals surface area contributed by atoms with E-state index in [0.29, 0.717) is 26.2 Å². The van der Waals surface area contributed by atoms with Crippen molar-refractivity contribution < 1.29 is 20.8 Å². The molecule has 1 atom stereocenters. The fourth-order valence-corrected chi connectivity index (χ4v) is 4.75. The second kappa shape index (κ2) is 9.97. The molecule has 9 nitrogen and oxygen atoms in total. The van der Waals surface area contributed by atoms with Gasteiger partial charge in [0.2, 0.25) is 0 Å². The Bertz CT molecular complexity index is 1180. The summed E-state index contributed by atoms with van der Waals surface area (Å²) in [5.74, 6) is 0.153. The third-order valence-corrected chi connectivity index (χ3v) is 6.86. The molecule has 33 heavy (non-hydrogen) atoms. The Morgan fingerprint density at radius 3 is 2.33 bits per heavy atom. The van der Waals surface area contributed by atoms with Gasteiger partial charge in [-0.2, -0.15) is 0 Å². The summed E-state index contributed by atoms with van der Waals surface area (Å²) in [5, 5.41) is 0. The maximum atomic E-state index is 13.0. The van der Waals surface area contributed by atoms with Crippen molar-refractivity contribution in [3.63, 3.8) is 0 Å². The van der Waals surface area contributed by atoms with Gasteiger partial charge in [-0.3, -0.25) is 9.52 Å². The van der Waals surface area contributed by atoms with Crippen molar-refractivity contribution in [2.75, 3.05) is 42.9 Å². The third-order valence-electron chi connectivity index (χ3n) is 5.49. The number of sulfonamides is 1. The minimum Gasteiger partial charge on any atom is -0.368 e. The van der Waals surface area contributed by atoms with Gasteiger partial charge >= 0.3 is 0 Å². The molecule has 1 fully saturated rings. The summed E-state index contributed by atoms with van der Waals surface area (Å²) >= 11 is 0. The van der Waals surface area contributed by atoms with Gasteiger partial charge in [-0.1, -0.05) is 30.3 Å². The number of anilines is 2. The second-order valence-corrected chi connectivity index (χ2v) is 9.22. The second-order valence-electron chi connectivity index (χ2n) is 7.53. The molecule has 0 saturated carbocycles. The molecule has 0 aliphatic carbocycles. The van der Waals surface area contributed by atoms with Gasteiger partial charge < -0.3 is 14.5 Å². The standard InChI is InChI=1S/C23H25N5O4S.2H2/c1-32-22(18-5-3-2-4-6-18)23(29)28-15-13-27(14-16-28)19-7-9-20(10-8-19)33(30,31)26-21-11-12-24-17-25-21;;/h2-12,17,22H,13-16H2,1H3,(H,24,25,26);2*1H. The molecular formula is C23H29N5O4S. The van der Waals surface area contributed by atoms with Gasteiger partial charge in [0.25, 0.3) is 15.9 Å². The van der Waals surface area contributed by atoms with Crippen molar-refractivity contribution >= 4 is 27.4 Å². The van der Waals surface area contributed by atoms with Crippen LogP contribution in [0.3, 0.4) is 0 Å². The van der Waals surface area contributed by atoms with Gasteiger partial charge in [0, 0.05) is 48.0 Å². The first-order chi connectivity index (χ1) is 16.0. The molecule has 0 bridgehead atoms. The Hall–Kier alpha value is -3.50. The molecule has 176 valence electrons. The van der Waals surface area contributed by atoms with E-state index in [1.807, 2.05) is 35.2 Å². The normalized spacial score (nSPS) is 15.2. The van der Waals surface area contributed by atoms with Gasteiger partial charge in [-0.05, 0) is 35.9 Å². The predicted octanol–water partition coefficient (Wildman–Crippen LogP) is 2.81. The Balaban J connectivity index is 0.00000216.